The molecule has 1 amide bonds. The van der Waals surface area contributed by atoms with Gasteiger partial charge in [-0.2, -0.15) is 13.9 Å². The molecule has 1 aliphatic heterocycles. The molecule has 0 fully saturated rings. The van der Waals surface area contributed by atoms with E-state index in [2.05, 4.69) is 9.84 Å². The summed E-state index contributed by atoms with van der Waals surface area (Å²) in [6.45, 7) is -2.15. The number of rotatable bonds is 6. The van der Waals surface area contributed by atoms with Crippen molar-refractivity contribution < 1.29 is 22.7 Å². The number of ether oxygens (including phenoxy) is 1. The van der Waals surface area contributed by atoms with Crippen molar-refractivity contribution in [3.05, 3.63) is 77.4 Å². The predicted octanol–water partition coefficient (Wildman–Crippen LogP) is 3.72. The minimum Gasteiger partial charge on any atom is -0.435 e. The molecule has 156 valence electrons. The van der Waals surface area contributed by atoms with E-state index >= 15 is 0 Å². The van der Waals surface area contributed by atoms with E-state index < -0.39 is 12.7 Å². The van der Waals surface area contributed by atoms with Crippen molar-refractivity contribution in [2.75, 3.05) is 0 Å². The highest BCUT2D eigenvalue weighted by atomic mass is 32.2. The molecule has 6 nitrogen and oxygen atoms in total. The number of nitrogens with zero attached hydrogens (tertiary/aromatic N) is 3. The monoisotopic (exact) mass is 434 g/mol. The maximum Gasteiger partial charge on any atom is 0.387 e. The zero-order valence-corrected chi connectivity index (χ0v) is 16.4. The third kappa shape index (κ3) is 4.44. The largest absolute Gasteiger partial charge is 0.435 e. The van der Waals surface area contributed by atoms with Gasteiger partial charge >= 0.3 is 6.61 Å². The second kappa shape index (κ2) is 8.41. The Balaban J connectivity index is 1.37. The Labute approximate surface area is 174 Å². The molecule has 2 aromatic carbocycles. The highest BCUT2D eigenvalue weighted by Gasteiger charge is 2.30. The molecule has 1 aromatic heterocycles. The van der Waals surface area contributed by atoms with Gasteiger partial charge in [0, 0.05) is 35.1 Å². The summed E-state index contributed by atoms with van der Waals surface area (Å²) >= 11 is 1.31. The lowest BCUT2D eigenvalue weighted by atomic mass is 10.1. The molecule has 30 heavy (non-hydrogen) atoms. The van der Waals surface area contributed by atoms with Gasteiger partial charge in [0.1, 0.15) is 17.6 Å². The van der Waals surface area contributed by atoms with Gasteiger partial charge in [-0.05, 0) is 42.0 Å². The van der Waals surface area contributed by atoms with Crippen LogP contribution in [-0.2, 0) is 17.9 Å². The summed E-state index contributed by atoms with van der Waals surface area (Å²) in [5.41, 5.74) is 8.26. The Hall–Kier alpha value is -2.98. The maximum absolute atomic E-state index is 13.1. The number of carbonyl (C=O) groups excluding carboxylic acids is 1. The van der Waals surface area contributed by atoms with Crippen molar-refractivity contribution in [1.29, 1.82) is 0 Å². The average Bonchev–Trinajstić information content (AvgIpc) is 3.27. The summed E-state index contributed by atoms with van der Waals surface area (Å²) in [5, 5.41) is 4.48. The predicted molar refractivity (Wildman–Crippen MR) is 104 cm³/mol. The molecule has 10 heteroatoms. The fourth-order valence-corrected chi connectivity index (χ4v) is 3.92. The summed E-state index contributed by atoms with van der Waals surface area (Å²) in [6.07, 6.45) is 1.82. The van der Waals surface area contributed by atoms with E-state index in [0.29, 0.717) is 18.7 Å². The first-order valence-corrected chi connectivity index (χ1v) is 9.77. The molecule has 3 aromatic rings. The molecular formula is C20H17F3N4O2S. The molecule has 1 aliphatic rings. The number of amides is 1. The molecule has 2 heterocycles. The van der Waals surface area contributed by atoms with Crippen molar-refractivity contribution in [1.82, 2.24) is 14.1 Å². The Morgan fingerprint density at radius 1 is 1.10 bits per heavy atom. The molecule has 0 saturated heterocycles. The SMILES string of the molecule is NC(C(=O)N1Cc2cn(Sc3ccc(OC(F)F)cc3)nc2C1)c1ccc(F)cc1. The van der Waals surface area contributed by atoms with Crippen LogP contribution < -0.4 is 10.5 Å². The van der Waals surface area contributed by atoms with E-state index in [4.69, 9.17) is 5.73 Å². The van der Waals surface area contributed by atoms with Gasteiger partial charge in [0.05, 0.1) is 12.2 Å². The van der Waals surface area contributed by atoms with E-state index in [1.165, 1.54) is 48.3 Å². The zero-order valence-electron chi connectivity index (χ0n) is 15.5. The lowest BCUT2D eigenvalue weighted by Gasteiger charge is -2.20. The molecule has 4 rings (SSSR count). The van der Waals surface area contributed by atoms with Crippen LogP contribution in [0.3, 0.4) is 0 Å². The zero-order chi connectivity index (χ0) is 21.3. The molecule has 1 atom stereocenters. The van der Waals surface area contributed by atoms with Crippen LogP contribution in [0.1, 0.15) is 22.9 Å². The second-order valence-corrected chi connectivity index (χ2v) is 7.70. The number of aromatic nitrogens is 2. The number of carbonyl (C=O) groups is 1. The van der Waals surface area contributed by atoms with Gasteiger partial charge in [-0.15, -0.1) is 0 Å². The van der Waals surface area contributed by atoms with E-state index in [-0.39, 0.29) is 17.5 Å². The Morgan fingerprint density at radius 2 is 1.80 bits per heavy atom. The average molecular weight is 434 g/mol. The van der Waals surface area contributed by atoms with Crippen LogP contribution in [0.2, 0.25) is 0 Å². The van der Waals surface area contributed by atoms with Crippen LogP contribution in [-0.4, -0.2) is 26.6 Å². The van der Waals surface area contributed by atoms with Gasteiger partial charge < -0.3 is 15.4 Å². The molecule has 0 aliphatic carbocycles. The third-order valence-corrected chi connectivity index (χ3v) is 5.47. The summed E-state index contributed by atoms with van der Waals surface area (Å²) in [7, 11) is 0. The topological polar surface area (TPSA) is 73.4 Å². The van der Waals surface area contributed by atoms with E-state index in [1.54, 1.807) is 21.1 Å². The summed E-state index contributed by atoms with van der Waals surface area (Å²) in [4.78, 5) is 15.1. The highest BCUT2D eigenvalue weighted by Crippen LogP contribution is 2.29. The van der Waals surface area contributed by atoms with Crippen LogP contribution in [0.5, 0.6) is 5.75 Å². The third-order valence-electron chi connectivity index (χ3n) is 4.61. The highest BCUT2D eigenvalue weighted by molar-refractivity contribution is 7.97. The van der Waals surface area contributed by atoms with Crippen LogP contribution in [0, 0.1) is 5.82 Å². The quantitative estimate of drug-likeness (QED) is 0.640. The second-order valence-electron chi connectivity index (χ2n) is 6.67. The Kier molecular flexibility index (Phi) is 5.69. The number of hydrogen-bond donors (Lipinski definition) is 1. The Morgan fingerprint density at radius 3 is 2.43 bits per heavy atom. The number of hydrogen-bond acceptors (Lipinski definition) is 5. The van der Waals surface area contributed by atoms with Gasteiger partial charge in [-0.1, -0.05) is 12.1 Å². The number of nitrogens with two attached hydrogens (primary N) is 1. The lowest BCUT2D eigenvalue weighted by Crippen LogP contribution is -2.35. The summed E-state index contributed by atoms with van der Waals surface area (Å²) in [5.74, 6) is -0.556. The van der Waals surface area contributed by atoms with Crippen LogP contribution in [0.25, 0.3) is 0 Å². The van der Waals surface area contributed by atoms with E-state index in [9.17, 15) is 18.0 Å². The molecule has 0 spiro atoms. The van der Waals surface area contributed by atoms with Gasteiger partial charge in [0.25, 0.3) is 0 Å². The molecule has 0 radical (unpaired) electrons. The van der Waals surface area contributed by atoms with Crippen molar-refractivity contribution in [3.63, 3.8) is 0 Å². The Bertz CT molecular complexity index is 1020. The molecule has 0 bridgehead atoms. The first-order valence-electron chi connectivity index (χ1n) is 8.99. The lowest BCUT2D eigenvalue weighted by molar-refractivity contribution is -0.133. The van der Waals surface area contributed by atoms with Crippen molar-refractivity contribution in [3.8, 4) is 5.75 Å². The van der Waals surface area contributed by atoms with Gasteiger partial charge in [-0.3, -0.25) is 4.79 Å². The summed E-state index contributed by atoms with van der Waals surface area (Å²) < 4.78 is 43.5. The van der Waals surface area contributed by atoms with E-state index in [0.717, 1.165) is 16.2 Å². The van der Waals surface area contributed by atoms with Gasteiger partial charge in [0.2, 0.25) is 5.91 Å². The van der Waals surface area contributed by atoms with Crippen molar-refractivity contribution in [2.45, 2.75) is 30.6 Å². The van der Waals surface area contributed by atoms with Gasteiger partial charge in [-0.25, -0.2) is 8.48 Å². The van der Waals surface area contributed by atoms with Crippen LogP contribution in [0.4, 0.5) is 13.2 Å². The first kappa shape index (κ1) is 20.3. The van der Waals surface area contributed by atoms with Gasteiger partial charge in [0.15, 0.2) is 0 Å². The fourth-order valence-electron chi connectivity index (χ4n) is 3.13. The smallest absolute Gasteiger partial charge is 0.387 e. The molecular weight excluding hydrogens is 417 g/mol. The number of fused-ring (bicyclic) bond motifs is 1. The van der Waals surface area contributed by atoms with Crippen LogP contribution >= 0.6 is 11.9 Å². The molecule has 1 unspecified atom stereocenters. The fraction of sp³-hybridized carbons (Fsp3) is 0.200. The minimum atomic E-state index is -2.86. The first-order chi connectivity index (χ1) is 14.4. The van der Waals surface area contributed by atoms with Crippen molar-refractivity contribution in [2.24, 2.45) is 5.73 Å². The van der Waals surface area contributed by atoms with Crippen molar-refractivity contribution >= 4 is 17.9 Å². The van der Waals surface area contributed by atoms with E-state index in [1.807, 2.05) is 6.20 Å². The number of halogens is 3. The molecule has 0 saturated carbocycles. The number of alkyl halides is 2. The minimum absolute atomic E-state index is 0.0870. The molecule has 2 N–H and O–H groups in total. The number of benzene rings is 2. The normalized spacial score (nSPS) is 14.1. The maximum atomic E-state index is 13.1. The summed E-state index contributed by atoms with van der Waals surface area (Å²) in [6, 6.07) is 10.9. The standard InChI is InChI=1S/C20H17F3N4O2S/c21-14-3-1-12(2-4-14)18(24)19(28)26-9-13-10-27(25-17(13)11-26)30-16-7-5-15(6-8-16)29-20(22)23/h1-8,10,18,20H,9,11,24H2. The van der Waals surface area contributed by atoms with Crippen LogP contribution in [0.15, 0.2) is 59.6 Å².